The standard InChI is InChI=1S/C23H18ClN3O2S2/c24-18-7-3-6-17(11-18)14-29-19-8-4-5-16(12-19)13-25-27-22(28)15-30-23-26-20-9-1-2-10-21(20)31-23/h1-13H,14-15H2,(H,27,28)/b25-13+. The number of aromatic nitrogens is 1. The number of rotatable bonds is 8. The van der Waals surface area contributed by atoms with Crippen LogP contribution in [-0.4, -0.2) is 22.9 Å². The first-order valence-electron chi connectivity index (χ1n) is 9.43. The summed E-state index contributed by atoms with van der Waals surface area (Å²) >= 11 is 8.98. The molecule has 8 heteroatoms. The molecule has 0 spiro atoms. The monoisotopic (exact) mass is 467 g/mol. The van der Waals surface area contributed by atoms with E-state index in [1.54, 1.807) is 17.6 Å². The first kappa shape index (κ1) is 21.4. The van der Waals surface area contributed by atoms with Crippen LogP contribution in [0.25, 0.3) is 10.2 Å². The van der Waals surface area contributed by atoms with Crippen LogP contribution < -0.4 is 10.2 Å². The summed E-state index contributed by atoms with van der Waals surface area (Å²) in [4.78, 5) is 16.6. The Morgan fingerprint density at radius 3 is 2.87 bits per heavy atom. The average Bonchev–Trinajstić information content (AvgIpc) is 3.20. The molecule has 1 aromatic heterocycles. The molecule has 0 unspecified atom stereocenters. The van der Waals surface area contributed by atoms with Crippen molar-refractivity contribution in [3.05, 3.63) is 88.9 Å². The Morgan fingerprint density at radius 2 is 2.00 bits per heavy atom. The summed E-state index contributed by atoms with van der Waals surface area (Å²) in [5.74, 6) is 0.774. The lowest BCUT2D eigenvalue weighted by molar-refractivity contribution is -0.118. The van der Waals surface area contributed by atoms with E-state index < -0.39 is 0 Å². The SMILES string of the molecule is O=C(CSc1nc2ccccc2s1)N/N=C/c1cccc(OCc2cccc(Cl)c2)c1. The van der Waals surface area contributed by atoms with Gasteiger partial charge in [-0.3, -0.25) is 4.79 Å². The second-order valence-corrected chi connectivity index (χ2v) is 9.21. The van der Waals surface area contributed by atoms with E-state index >= 15 is 0 Å². The molecular formula is C23H18ClN3O2S2. The molecule has 0 aliphatic carbocycles. The van der Waals surface area contributed by atoms with Gasteiger partial charge in [-0.25, -0.2) is 10.4 Å². The number of carbonyl (C=O) groups excluding carboxylic acids is 1. The smallest absolute Gasteiger partial charge is 0.250 e. The number of thioether (sulfide) groups is 1. The van der Waals surface area contributed by atoms with E-state index in [1.165, 1.54) is 11.8 Å². The fourth-order valence-corrected chi connectivity index (χ4v) is 4.80. The number of nitrogens with one attached hydrogen (secondary N) is 1. The van der Waals surface area contributed by atoms with Crippen LogP contribution in [0.3, 0.4) is 0 Å². The molecule has 156 valence electrons. The van der Waals surface area contributed by atoms with Crippen LogP contribution in [0.5, 0.6) is 5.75 Å². The molecule has 0 saturated carbocycles. The minimum atomic E-state index is -0.186. The first-order valence-corrected chi connectivity index (χ1v) is 11.6. The fraction of sp³-hybridized carbons (Fsp3) is 0.0870. The zero-order valence-electron chi connectivity index (χ0n) is 16.3. The number of benzene rings is 3. The normalized spacial score (nSPS) is 11.1. The molecule has 31 heavy (non-hydrogen) atoms. The van der Waals surface area contributed by atoms with E-state index in [1.807, 2.05) is 72.8 Å². The molecule has 0 radical (unpaired) electrons. The number of thiazole rings is 1. The second-order valence-electron chi connectivity index (χ2n) is 6.52. The third-order valence-electron chi connectivity index (χ3n) is 4.16. The number of carbonyl (C=O) groups is 1. The minimum Gasteiger partial charge on any atom is -0.489 e. The highest BCUT2D eigenvalue weighted by Gasteiger charge is 2.07. The van der Waals surface area contributed by atoms with Crippen molar-refractivity contribution in [2.75, 3.05) is 5.75 Å². The number of nitrogens with zero attached hydrogens (tertiary/aromatic N) is 2. The van der Waals surface area contributed by atoms with Crippen molar-refractivity contribution in [3.8, 4) is 5.75 Å². The van der Waals surface area contributed by atoms with Crippen LogP contribution in [-0.2, 0) is 11.4 Å². The average molecular weight is 468 g/mol. The van der Waals surface area contributed by atoms with Gasteiger partial charge < -0.3 is 4.74 Å². The maximum absolute atomic E-state index is 12.1. The quantitative estimate of drug-likeness (QED) is 0.203. The molecule has 4 rings (SSSR count). The summed E-state index contributed by atoms with van der Waals surface area (Å²) in [6.45, 7) is 0.418. The molecule has 0 aliphatic heterocycles. The highest BCUT2D eigenvalue weighted by atomic mass is 35.5. The van der Waals surface area contributed by atoms with E-state index in [2.05, 4.69) is 15.5 Å². The third-order valence-corrected chi connectivity index (χ3v) is 6.57. The molecule has 5 nitrogen and oxygen atoms in total. The number of hydrogen-bond acceptors (Lipinski definition) is 6. The van der Waals surface area contributed by atoms with Crippen molar-refractivity contribution in [2.24, 2.45) is 5.10 Å². The predicted molar refractivity (Wildman–Crippen MR) is 128 cm³/mol. The van der Waals surface area contributed by atoms with Crippen molar-refractivity contribution in [1.29, 1.82) is 0 Å². The maximum atomic E-state index is 12.1. The summed E-state index contributed by atoms with van der Waals surface area (Å²) in [5, 5.41) is 4.72. The summed E-state index contributed by atoms with van der Waals surface area (Å²) in [5.41, 5.74) is 5.31. The number of ether oxygens (including phenoxy) is 1. The van der Waals surface area contributed by atoms with Crippen LogP contribution in [0.15, 0.2) is 82.2 Å². The van der Waals surface area contributed by atoms with Crippen LogP contribution >= 0.6 is 34.7 Å². The Morgan fingerprint density at radius 1 is 1.13 bits per heavy atom. The molecule has 4 aromatic rings. The molecule has 1 N–H and O–H groups in total. The van der Waals surface area contributed by atoms with Gasteiger partial charge in [-0.2, -0.15) is 5.10 Å². The lowest BCUT2D eigenvalue weighted by atomic mass is 10.2. The van der Waals surface area contributed by atoms with Crippen molar-refractivity contribution >= 4 is 57.0 Å². The van der Waals surface area contributed by atoms with Gasteiger partial charge in [0.05, 0.1) is 22.2 Å². The molecule has 0 saturated heterocycles. The number of halogens is 1. The Bertz CT molecular complexity index is 1190. The van der Waals surface area contributed by atoms with Crippen molar-refractivity contribution in [2.45, 2.75) is 10.9 Å². The number of fused-ring (bicyclic) bond motifs is 1. The highest BCUT2D eigenvalue weighted by molar-refractivity contribution is 8.01. The number of hydrogen-bond donors (Lipinski definition) is 1. The zero-order chi connectivity index (χ0) is 21.5. The van der Waals surface area contributed by atoms with Gasteiger partial charge in [-0.05, 0) is 47.5 Å². The summed E-state index contributed by atoms with van der Waals surface area (Å²) in [7, 11) is 0. The van der Waals surface area contributed by atoms with Gasteiger partial charge in [0.15, 0.2) is 4.34 Å². The van der Waals surface area contributed by atoms with Crippen molar-refractivity contribution < 1.29 is 9.53 Å². The maximum Gasteiger partial charge on any atom is 0.250 e. The molecular weight excluding hydrogens is 450 g/mol. The van der Waals surface area contributed by atoms with Crippen LogP contribution in [0.4, 0.5) is 0 Å². The van der Waals surface area contributed by atoms with E-state index in [0.29, 0.717) is 17.4 Å². The van der Waals surface area contributed by atoms with Crippen LogP contribution in [0, 0.1) is 0 Å². The fourth-order valence-electron chi connectivity index (χ4n) is 2.73. The molecule has 0 fully saturated rings. The largest absolute Gasteiger partial charge is 0.489 e. The Hall–Kier alpha value is -2.87. The number of para-hydroxylation sites is 1. The Labute approximate surface area is 193 Å². The lowest BCUT2D eigenvalue weighted by Gasteiger charge is -2.07. The van der Waals surface area contributed by atoms with Crippen LogP contribution in [0.1, 0.15) is 11.1 Å². The molecule has 1 amide bonds. The van der Waals surface area contributed by atoms with Gasteiger partial charge in [0.1, 0.15) is 12.4 Å². The third kappa shape index (κ3) is 6.30. The van der Waals surface area contributed by atoms with Gasteiger partial charge in [0.25, 0.3) is 5.91 Å². The van der Waals surface area contributed by atoms with E-state index in [-0.39, 0.29) is 11.7 Å². The number of hydrazone groups is 1. The Balaban J connectivity index is 1.26. The summed E-state index contributed by atoms with van der Waals surface area (Å²) < 4.78 is 7.79. The van der Waals surface area contributed by atoms with Gasteiger partial charge in [-0.1, -0.05) is 59.8 Å². The molecule has 0 atom stereocenters. The van der Waals surface area contributed by atoms with Crippen molar-refractivity contribution in [1.82, 2.24) is 10.4 Å². The lowest BCUT2D eigenvalue weighted by Crippen LogP contribution is -2.19. The zero-order valence-corrected chi connectivity index (χ0v) is 18.7. The summed E-state index contributed by atoms with van der Waals surface area (Å²) in [6.07, 6.45) is 1.59. The number of amides is 1. The second kappa shape index (κ2) is 10.4. The van der Waals surface area contributed by atoms with Gasteiger partial charge in [-0.15, -0.1) is 11.3 Å². The molecule has 0 bridgehead atoms. The van der Waals surface area contributed by atoms with Crippen molar-refractivity contribution in [3.63, 3.8) is 0 Å². The molecule has 3 aromatic carbocycles. The van der Waals surface area contributed by atoms with Gasteiger partial charge >= 0.3 is 0 Å². The topological polar surface area (TPSA) is 63.6 Å². The van der Waals surface area contributed by atoms with E-state index in [4.69, 9.17) is 16.3 Å². The predicted octanol–water partition coefficient (Wildman–Crippen LogP) is 5.77. The van der Waals surface area contributed by atoms with E-state index in [0.717, 1.165) is 25.7 Å². The molecule has 0 aliphatic rings. The first-order chi connectivity index (χ1) is 15.2. The minimum absolute atomic E-state index is 0.186. The van der Waals surface area contributed by atoms with Gasteiger partial charge in [0, 0.05) is 5.02 Å². The summed E-state index contributed by atoms with van der Waals surface area (Å²) in [6, 6.07) is 23.0. The highest BCUT2D eigenvalue weighted by Crippen LogP contribution is 2.29. The Kier molecular flexibility index (Phi) is 7.19. The molecule has 1 heterocycles. The van der Waals surface area contributed by atoms with Gasteiger partial charge in [0.2, 0.25) is 0 Å². The van der Waals surface area contributed by atoms with Crippen LogP contribution in [0.2, 0.25) is 5.02 Å². The van der Waals surface area contributed by atoms with E-state index in [9.17, 15) is 4.79 Å².